The molecule has 2 unspecified atom stereocenters. The number of pyridine rings is 1. The first-order chi connectivity index (χ1) is 13.5. The molecule has 0 aliphatic heterocycles. The van der Waals surface area contributed by atoms with E-state index in [9.17, 15) is 8.42 Å². The Morgan fingerprint density at radius 2 is 1.89 bits per heavy atom. The van der Waals surface area contributed by atoms with Crippen molar-refractivity contribution in [1.29, 1.82) is 5.26 Å². The summed E-state index contributed by atoms with van der Waals surface area (Å²) in [4.78, 5) is 4.44. The van der Waals surface area contributed by atoms with Gasteiger partial charge in [-0.1, -0.05) is 30.3 Å². The molecule has 1 aromatic heterocycles. The maximum atomic E-state index is 12.7. The Morgan fingerprint density at radius 1 is 1.11 bits per heavy atom. The fourth-order valence-corrected chi connectivity index (χ4v) is 4.35. The van der Waals surface area contributed by atoms with Crippen molar-refractivity contribution >= 4 is 15.7 Å². The Labute approximate surface area is 163 Å². The van der Waals surface area contributed by atoms with Gasteiger partial charge in [-0.25, -0.2) is 8.42 Å². The Morgan fingerprint density at radius 3 is 2.57 bits per heavy atom. The zero-order valence-electron chi connectivity index (χ0n) is 14.9. The van der Waals surface area contributed by atoms with E-state index >= 15 is 0 Å². The van der Waals surface area contributed by atoms with Crippen LogP contribution in [-0.2, 0) is 10.0 Å². The first-order valence-corrected chi connectivity index (χ1v) is 10.3. The molecular weight excluding hydrogens is 372 g/mol. The van der Waals surface area contributed by atoms with Crippen LogP contribution in [0.25, 0.3) is 11.3 Å². The first-order valence-electron chi connectivity index (χ1n) is 8.82. The number of nitrogens with zero attached hydrogens (tertiary/aromatic N) is 2. The molecular formula is C21H18N4O2S. The van der Waals surface area contributed by atoms with Gasteiger partial charge in [-0.3, -0.25) is 9.71 Å². The third-order valence-electron chi connectivity index (χ3n) is 4.76. The predicted octanol–water partition coefficient (Wildman–Crippen LogP) is 3.24. The van der Waals surface area contributed by atoms with Crippen LogP contribution in [0.4, 0.5) is 5.69 Å². The van der Waals surface area contributed by atoms with E-state index in [1.165, 1.54) is 12.1 Å². The minimum absolute atomic E-state index is 0.0499. The van der Waals surface area contributed by atoms with Crippen molar-refractivity contribution < 1.29 is 8.42 Å². The van der Waals surface area contributed by atoms with Crippen LogP contribution >= 0.6 is 0 Å². The number of aromatic nitrogens is 1. The molecule has 0 spiro atoms. The summed E-state index contributed by atoms with van der Waals surface area (Å²) in [5.74, 6) is 0.389. The van der Waals surface area contributed by atoms with Crippen LogP contribution in [0.2, 0.25) is 0 Å². The standard InChI is InChI=1S/C21H18N4O2S/c22-12-15-4-1-2-7-21(15)28(26,27)25-17-6-3-5-14(10-17)20-9-8-16(13-24-20)18-11-19(18)23/h1-10,13,18-19,25H,11,23H2. The summed E-state index contributed by atoms with van der Waals surface area (Å²) in [5.41, 5.74) is 9.05. The summed E-state index contributed by atoms with van der Waals surface area (Å²) >= 11 is 0. The zero-order chi connectivity index (χ0) is 19.7. The van der Waals surface area contributed by atoms with E-state index in [0.717, 1.165) is 23.2 Å². The number of nitrogens with two attached hydrogens (primary N) is 1. The number of anilines is 1. The molecule has 1 aliphatic rings. The first kappa shape index (κ1) is 18.2. The number of hydrogen-bond donors (Lipinski definition) is 2. The number of benzene rings is 2. The number of nitriles is 1. The number of sulfonamides is 1. The quantitative estimate of drug-likeness (QED) is 0.695. The van der Waals surface area contributed by atoms with Crippen molar-refractivity contribution in [2.45, 2.75) is 23.3 Å². The van der Waals surface area contributed by atoms with Crippen molar-refractivity contribution in [3.63, 3.8) is 0 Å². The molecule has 3 aromatic rings. The van der Waals surface area contributed by atoms with E-state index < -0.39 is 10.0 Å². The highest BCUT2D eigenvalue weighted by Gasteiger charge is 2.34. The Balaban J connectivity index is 1.59. The van der Waals surface area contributed by atoms with Gasteiger partial charge in [0.25, 0.3) is 10.0 Å². The molecule has 4 rings (SSSR count). The van der Waals surface area contributed by atoms with Gasteiger partial charge in [-0.15, -0.1) is 0 Å². The maximum Gasteiger partial charge on any atom is 0.263 e. The van der Waals surface area contributed by atoms with Gasteiger partial charge in [0.2, 0.25) is 0 Å². The molecule has 2 atom stereocenters. The molecule has 28 heavy (non-hydrogen) atoms. The lowest BCUT2D eigenvalue weighted by Gasteiger charge is -2.11. The van der Waals surface area contributed by atoms with E-state index in [1.54, 1.807) is 30.3 Å². The van der Waals surface area contributed by atoms with E-state index in [2.05, 4.69) is 9.71 Å². The molecule has 3 N–H and O–H groups in total. The maximum absolute atomic E-state index is 12.7. The zero-order valence-corrected chi connectivity index (χ0v) is 15.7. The van der Waals surface area contributed by atoms with Gasteiger partial charge in [0.15, 0.2) is 0 Å². The molecule has 1 aliphatic carbocycles. The molecule has 6 nitrogen and oxygen atoms in total. The summed E-state index contributed by atoms with van der Waals surface area (Å²) in [6.07, 6.45) is 2.81. The molecule has 2 aromatic carbocycles. The minimum atomic E-state index is -3.88. The van der Waals surface area contributed by atoms with Gasteiger partial charge in [-0.2, -0.15) is 5.26 Å². The third kappa shape index (κ3) is 3.60. The number of nitrogens with one attached hydrogen (secondary N) is 1. The highest BCUT2D eigenvalue weighted by atomic mass is 32.2. The fraction of sp³-hybridized carbons (Fsp3) is 0.143. The second kappa shape index (κ2) is 7.08. The lowest BCUT2D eigenvalue weighted by Crippen LogP contribution is -2.14. The smallest absolute Gasteiger partial charge is 0.263 e. The summed E-state index contributed by atoms with van der Waals surface area (Å²) in [6, 6.07) is 19.2. The second-order valence-corrected chi connectivity index (χ2v) is 8.43. The molecule has 7 heteroatoms. The highest BCUT2D eigenvalue weighted by Crippen LogP contribution is 2.39. The van der Waals surface area contributed by atoms with Crippen LogP contribution in [0.15, 0.2) is 71.8 Å². The predicted molar refractivity (Wildman–Crippen MR) is 107 cm³/mol. The molecule has 0 radical (unpaired) electrons. The van der Waals surface area contributed by atoms with E-state index in [0.29, 0.717) is 11.6 Å². The number of rotatable bonds is 5. The normalized spacial score (nSPS) is 18.3. The largest absolute Gasteiger partial charge is 0.327 e. The van der Waals surface area contributed by atoms with Crippen molar-refractivity contribution in [2.24, 2.45) is 5.73 Å². The van der Waals surface area contributed by atoms with Gasteiger partial charge in [-0.05, 0) is 42.3 Å². The lowest BCUT2D eigenvalue weighted by atomic mass is 10.1. The van der Waals surface area contributed by atoms with Crippen molar-refractivity contribution in [3.8, 4) is 17.3 Å². The van der Waals surface area contributed by atoms with Crippen molar-refractivity contribution in [1.82, 2.24) is 4.98 Å². The van der Waals surface area contributed by atoms with Crippen LogP contribution in [0, 0.1) is 11.3 Å². The monoisotopic (exact) mass is 390 g/mol. The highest BCUT2D eigenvalue weighted by molar-refractivity contribution is 7.92. The molecule has 0 amide bonds. The van der Waals surface area contributed by atoms with E-state index in [4.69, 9.17) is 11.0 Å². The molecule has 0 bridgehead atoms. The molecule has 1 heterocycles. The molecule has 140 valence electrons. The fourth-order valence-electron chi connectivity index (χ4n) is 3.14. The van der Waals surface area contributed by atoms with Crippen LogP contribution < -0.4 is 10.5 Å². The van der Waals surface area contributed by atoms with Crippen LogP contribution in [0.1, 0.15) is 23.5 Å². The van der Waals surface area contributed by atoms with E-state index in [1.807, 2.05) is 30.5 Å². The summed E-state index contributed by atoms with van der Waals surface area (Å²) in [5, 5.41) is 9.16. The lowest BCUT2D eigenvalue weighted by molar-refractivity contribution is 0.601. The van der Waals surface area contributed by atoms with Gasteiger partial charge < -0.3 is 5.73 Å². The Hall–Kier alpha value is -3.21. The van der Waals surface area contributed by atoms with Crippen molar-refractivity contribution in [2.75, 3.05) is 4.72 Å². The Kier molecular flexibility index (Phi) is 4.59. The summed E-state index contributed by atoms with van der Waals surface area (Å²) in [7, 11) is -3.88. The van der Waals surface area contributed by atoms with Gasteiger partial charge in [0.05, 0.1) is 11.3 Å². The molecule has 0 saturated heterocycles. The minimum Gasteiger partial charge on any atom is -0.327 e. The average molecular weight is 390 g/mol. The topological polar surface area (TPSA) is 109 Å². The van der Waals surface area contributed by atoms with Crippen molar-refractivity contribution in [3.05, 3.63) is 78.0 Å². The van der Waals surface area contributed by atoms with E-state index in [-0.39, 0.29) is 16.5 Å². The Bertz CT molecular complexity index is 1170. The third-order valence-corrected chi connectivity index (χ3v) is 6.20. The van der Waals surface area contributed by atoms with Crippen LogP contribution in [0.3, 0.4) is 0 Å². The number of hydrogen-bond acceptors (Lipinski definition) is 5. The van der Waals surface area contributed by atoms with Gasteiger partial charge in [0, 0.05) is 29.4 Å². The SMILES string of the molecule is N#Cc1ccccc1S(=O)(=O)Nc1cccc(-c2ccc(C3CC3N)cn2)c1. The second-order valence-electron chi connectivity index (χ2n) is 6.78. The summed E-state index contributed by atoms with van der Waals surface area (Å²) in [6.45, 7) is 0. The van der Waals surface area contributed by atoms with Crippen LogP contribution in [0.5, 0.6) is 0 Å². The van der Waals surface area contributed by atoms with Gasteiger partial charge >= 0.3 is 0 Å². The molecule has 1 saturated carbocycles. The van der Waals surface area contributed by atoms with Crippen LogP contribution in [-0.4, -0.2) is 19.4 Å². The van der Waals surface area contributed by atoms with Gasteiger partial charge in [0.1, 0.15) is 11.0 Å². The average Bonchev–Trinajstić information content (AvgIpc) is 3.44. The molecule has 1 fully saturated rings. The summed E-state index contributed by atoms with van der Waals surface area (Å²) < 4.78 is 27.9.